The second-order valence-electron chi connectivity index (χ2n) is 5.71. The van der Waals surface area contributed by atoms with Crippen molar-refractivity contribution in [3.63, 3.8) is 0 Å². The second kappa shape index (κ2) is 7.39. The Kier molecular flexibility index (Phi) is 6.14. The molecule has 0 aliphatic heterocycles. The van der Waals surface area contributed by atoms with Crippen LogP contribution in [0.15, 0.2) is 29.3 Å². The standard InChI is InChI=1S/C15H24ClN3O/c1-11(20-13-8-6-7-12(16)9-13)10-18-14(17-5)19-15(2,3)4/h6-9,11H,10H2,1-5H3,(H2,17,18,19). The van der Waals surface area contributed by atoms with E-state index >= 15 is 0 Å². The van der Waals surface area contributed by atoms with Gasteiger partial charge in [0.25, 0.3) is 0 Å². The molecule has 0 saturated carbocycles. The Morgan fingerprint density at radius 3 is 2.65 bits per heavy atom. The molecular weight excluding hydrogens is 274 g/mol. The van der Waals surface area contributed by atoms with Crippen LogP contribution in [0.3, 0.4) is 0 Å². The Bertz CT molecular complexity index is 455. The quantitative estimate of drug-likeness (QED) is 0.663. The first-order valence-electron chi connectivity index (χ1n) is 6.71. The molecule has 0 fully saturated rings. The molecule has 0 aliphatic carbocycles. The molecule has 0 bridgehead atoms. The highest BCUT2D eigenvalue weighted by molar-refractivity contribution is 6.30. The van der Waals surface area contributed by atoms with Gasteiger partial charge in [-0.2, -0.15) is 0 Å². The zero-order chi connectivity index (χ0) is 15.2. The third-order valence-corrected chi connectivity index (χ3v) is 2.64. The van der Waals surface area contributed by atoms with Crippen LogP contribution in [0, 0.1) is 0 Å². The van der Waals surface area contributed by atoms with E-state index in [4.69, 9.17) is 16.3 Å². The first kappa shape index (κ1) is 16.6. The van der Waals surface area contributed by atoms with Crippen molar-refractivity contribution in [2.24, 2.45) is 4.99 Å². The molecule has 0 radical (unpaired) electrons. The van der Waals surface area contributed by atoms with Gasteiger partial charge in [0.2, 0.25) is 0 Å². The van der Waals surface area contributed by atoms with Crippen molar-refractivity contribution in [3.8, 4) is 5.75 Å². The zero-order valence-corrected chi connectivity index (χ0v) is 13.6. The van der Waals surface area contributed by atoms with E-state index in [1.807, 2.05) is 25.1 Å². The topological polar surface area (TPSA) is 45.7 Å². The molecule has 0 amide bonds. The minimum absolute atomic E-state index is 0.00647. The third kappa shape index (κ3) is 6.66. The molecule has 0 saturated heterocycles. The van der Waals surface area contributed by atoms with Gasteiger partial charge in [0, 0.05) is 17.6 Å². The molecule has 0 aliphatic rings. The second-order valence-corrected chi connectivity index (χ2v) is 6.15. The zero-order valence-electron chi connectivity index (χ0n) is 12.8. The van der Waals surface area contributed by atoms with Gasteiger partial charge in [-0.3, -0.25) is 4.99 Å². The largest absolute Gasteiger partial charge is 0.489 e. The van der Waals surface area contributed by atoms with E-state index in [0.29, 0.717) is 11.6 Å². The maximum absolute atomic E-state index is 5.93. The fourth-order valence-electron chi connectivity index (χ4n) is 1.59. The summed E-state index contributed by atoms with van der Waals surface area (Å²) in [5.41, 5.74) is -0.0289. The number of rotatable bonds is 4. The van der Waals surface area contributed by atoms with Crippen molar-refractivity contribution in [1.29, 1.82) is 0 Å². The molecule has 4 nitrogen and oxygen atoms in total. The molecule has 0 spiro atoms. The number of guanidine groups is 1. The molecule has 0 aromatic heterocycles. The van der Waals surface area contributed by atoms with Gasteiger partial charge in [-0.1, -0.05) is 17.7 Å². The predicted octanol–water partition coefficient (Wildman–Crippen LogP) is 3.07. The molecule has 112 valence electrons. The van der Waals surface area contributed by atoms with Gasteiger partial charge in [0.1, 0.15) is 11.9 Å². The van der Waals surface area contributed by atoms with Gasteiger partial charge in [0.15, 0.2) is 5.96 Å². The van der Waals surface area contributed by atoms with E-state index in [2.05, 4.69) is 36.4 Å². The summed E-state index contributed by atoms with van der Waals surface area (Å²) in [5, 5.41) is 7.21. The molecule has 1 aromatic carbocycles. The van der Waals surface area contributed by atoms with Crippen LogP contribution in [0.2, 0.25) is 5.02 Å². The van der Waals surface area contributed by atoms with Crippen molar-refractivity contribution < 1.29 is 4.74 Å². The third-order valence-electron chi connectivity index (χ3n) is 2.41. The summed E-state index contributed by atoms with van der Waals surface area (Å²) in [6, 6.07) is 7.40. The first-order chi connectivity index (χ1) is 9.30. The molecule has 20 heavy (non-hydrogen) atoms. The summed E-state index contributed by atoms with van der Waals surface area (Å²) < 4.78 is 5.79. The summed E-state index contributed by atoms with van der Waals surface area (Å²) in [4.78, 5) is 4.18. The lowest BCUT2D eigenvalue weighted by Crippen LogP contribution is -2.49. The fourth-order valence-corrected chi connectivity index (χ4v) is 1.77. The maximum atomic E-state index is 5.93. The molecule has 1 unspecified atom stereocenters. The number of benzene rings is 1. The van der Waals surface area contributed by atoms with Crippen molar-refractivity contribution in [1.82, 2.24) is 10.6 Å². The SMILES string of the molecule is CN=C(NCC(C)Oc1cccc(Cl)c1)NC(C)(C)C. The normalized spacial score (nSPS) is 13.8. The monoisotopic (exact) mass is 297 g/mol. The average Bonchev–Trinajstić information content (AvgIpc) is 2.33. The smallest absolute Gasteiger partial charge is 0.191 e. The van der Waals surface area contributed by atoms with Crippen LogP contribution in [0.4, 0.5) is 0 Å². The Morgan fingerprint density at radius 2 is 2.10 bits per heavy atom. The summed E-state index contributed by atoms with van der Waals surface area (Å²) in [6.45, 7) is 8.92. The predicted molar refractivity (Wildman–Crippen MR) is 85.8 cm³/mol. The highest BCUT2D eigenvalue weighted by atomic mass is 35.5. The molecule has 1 atom stereocenters. The van der Waals surface area contributed by atoms with Gasteiger partial charge in [-0.25, -0.2) is 0 Å². The average molecular weight is 298 g/mol. The number of nitrogens with zero attached hydrogens (tertiary/aromatic N) is 1. The van der Waals surface area contributed by atoms with Gasteiger partial charge >= 0.3 is 0 Å². The highest BCUT2D eigenvalue weighted by Gasteiger charge is 2.12. The fraction of sp³-hybridized carbons (Fsp3) is 0.533. The van der Waals surface area contributed by atoms with Crippen molar-refractivity contribution >= 4 is 17.6 Å². The number of ether oxygens (including phenoxy) is 1. The molecule has 5 heteroatoms. The summed E-state index contributed by atoms with van der Waals surface area (Å²) in [7, 11) is 1.75. The number of hydrogen-bond acceptors (Lipinski definition) is 2. The van der Waals surface area contributed by atoms with Crippen LogP contribution < -0.4 is 15.4 Å². The van der Waals surface area contributed by atoms with Crippen LogP contribution in [0.1, 0.15) is 27.7 Å². The Hall–Kier alpha value is -1.42. The number of aliphatic imine (C=N–C) groups is 1. The Balaban J connectivity index is 2.44. The first-order valence-corrected chi connectivity index (χ1v) is 7.09. The van der Waals surface area contributed by atoms with Crippen molar-refractivity contribution in [2.75, 3.05) is 13.6 Å². The van der Waals surface area contributed by atoms with Gasteiger partial charge in [-0.15, -0.1) is 0 Å². The summed E-state index contributed by atoms with van der Waals surface area (Å²) >= 11 is 5.93. The molecular formula is C15H24ClN3O. The van der Waals surface area contributed by atoms with E-state index in [0.717, 1.165) is 11.7 Å². The van der Waals surface area contributed by atoms with Crippen LogP contribution >= 0.6 is 11.6 Å². The van der Waals surface area contributed by atoms with Gasteiger partial charge in [0.05, 0.1) is 6.54 Å². The lowest BCUT2D eigenvalue weighted by atomic mass is 10.1. The van der Waals surface area contributed by atoms with Gasteiger partial charge in [-0.05, 0) is 45.9 Å². The molecule has 2 N–H and O–H groups in total. The Labute approximate surface area is 126 Å². The van der Waals surface area contributed by atoms with E-state index in [9.17, 15) is 0 Å². The Morgan fingerprint density at radius 1 is 1.40 bits per heavy atom. The lowest BCUT2D eigenvalue weighted by Gasteiger charge is -2.25. The summed E-state index contributed by atoms with van der Waals surface area (Å²) in [5.74, 6) is 1.53. The van der Waals surface area contributed by atoms with E-state index in [-0.39, 0.29) is 11.6 Å². The minimum Gasteiger partial charge on any atom is -0.489 e. The van der Waals surface area contributed by atoms with E-state index < -0.39 is 0 Å². The van der Waals surface area contributed by atoms with E-state index in [1.54, 1.807) is 13.1 Å². The van der Waals surface area contributed by atoms with Crippen LogP contribution in [0.5, 0.6) is 5.75 Å². The minimum atomic E-state index is -0.0289. The molecule has 0 heterocycles. The van der Waals surface area contributed by atoms with Crippen LogP contribution in [-0.4, -0.2) is 31.2 Å². The van der Waals surface area contributed by atoms with Crippen LogP contribution in [-0.2, 0) is 0 Å². The van der Waals surface area contributed by atoms with Crippen molar-refractivity contribution in [3.05, 3.63) is 29.3 Å². The van der Waals surface area contributed by atoms with Gasteiger partial charge < -0.3 is 15.4 Å². The number of hydrogen-bond donors (Lipinski definition) is 2. The highest BCUT2D eigenvalue weighted by Crippen LogP contribution is 2.18. The summed E-state index contributed by atoms with van der Waals surface area (Å²) in [6.07, 6.45) is 0.00647. The molecule has 1 aromatic rings. The number of halogens is 1. The van der Waals surface area contributed by atoms with E-state index in [1.165, 1.54) is 0 Å². The maximum Gasteiger partial charge on any atom is 0.191 e. The molecule has 1 rings (SSSR count). The number of nitrogens with one attached hydrogen (secondary N) is 2. The lowest BCUT2D eigenvalue weighted by molar-refractivity contribution is 0.223. The van der Waals surface area contributed by atoms with Crippen molar-refractivity contribution in [2.45, 2.75) is 39.3 Å². The van der Waals surface area contributed by atoms with Crippen LogP contribution in [0.25, 0.3) is 0 Å².